The molecule has 2 aromatic rings. The highest BCUT2D eigenvalue weighted by Gasteiger charge is 2.14. The fourth-order valence-electron chi connectivity index (χ4n) is 1.80. The molecule has 1 aromatic heterocycles. The molecule has 0 aliphatic heterocycles. The molecule has 0 spiro atoms. The van der Waals surface area contributed by atoms with Crippen LogP contribution in [0, 0.1) is 5.82 Å². The van der Waals surface area contributed by atoms with E-state index >= 15 is 0 Å². The van der Waals surface area contributed by atoms with Gasteiger partial charge in [-0.25, -0.2) is 4.39 Å². The van der Waals surface area contributed by atoms with E-state index in [2.05, 4.69) is 4.98 Å². The summed E-state index contributed by atoms with van der Waals surface area (Å²) in [7, 11) is 1.40. The third-order valence-electron chi connectivity index (χ3n) is 2.75. The van der Waals surface area contributed by atoms with E-state index in [0.717, 1.165) is 0 Å². The lowest BCUT2D eigenvalue weighted by atomic mass is 10.0. The maximum atomic E-state index is 13.5. The Morgan fingerprint density at radius 3 is 2.84 bits per heavy atom. The molecule has 1 heterocycles. The molecule has 0 fully saturated rings. The highest BCUT2D eigenvalue weighted by Crippen LogP contribution is 2.25. The predicted octanol–water partition coefficient (Wildman–Crippen LogP) is 3.16. The van der Waals surface area contributed by atoms with Crippen LogP contribution in [-0.2, 0) is 6.42 Å². The van der Waals surface area contributed by atoms with Crippen LogP contribution in [-0.4, -0.2) is 17.2 Å². The molecule has 1 aromatic carbocycles. The van der Waals surface area contributed by atoms with Crippen LogP contribution in [0.15, 0.2) is 36.5 Å². The molecule has 1 atom stereocenters. The van der Waals surface area contributed by atoms with Gasteiger partial charge < -0.3 is 9.84 Å². The van der Waals surface area contributed by atoms with Gasteiger partial charge in [0.1, 0.15) is 6.10 Å². The number of aliphatic hydroxyl groups excluding tert-OH is 1. The zero-order chi connectivity index (χ0) is 13.8. The van der Waals surface area contributed by atoms with Crippen molar-refractivity contribution in [1.29, 1.82) is 0 Å². The average Bonchev–Trinajstić information content (AvgIpc) is 2.39. The van der Waals surface area contributed by atoms with E-state index in [0.29, 0.717) is 16.3 Å². The van der Waals surface area contributed by atoms with Gasteiger partial charge in [0.15, 0.2) is 11.6 Å². The summed E-state index contributed by atoms with van der Waals surface area (Å²) in [5.74, 6) is -0.284. The first-order chi connectivity index (χ1) is 9.11. The van der Waals surface area contributed by atoms with E-state index in [1.807, 2.05) is 0 Å². The van der Waals surface area contributed by atoms with Gasteiger partial charge in [-0.2, -0.15) is 0 Å². The molecule has 0 aliphatic rings. The number of hydrogen-bond donors (Lipinski definition) is 1. The van der Waals surface area contributed by atoms with Gasteiger partial charge in [0.25, 0.3) is 0 Å². The third-order valence-corrected chi connectivity index (χ3v) is 3.07. The zero-order valence-corrected chi connectivity index (χ0v) is 11.1. The standard InChI is InChI=1S/C14H13ClFNO2/c1-19-13-5-4-9(7-11(13)16)8-12(18)14-10(15)3-2-6-17-14/h2-7,12,18H,8H2,1H3. The first-order valence-electron chi connectivity index (χ1n) is 5.72. The number of hydrogen-bond acceptors (Lipinski definition) is 3. The van der Waals surface area contributed by atoms with Crippen molar-refractivity contribution in [1.82, 2.24) is 4.98 Å². The van der Waals surface area contributed by atoms with Crippen LogP contribution < -0.4 is 4.74 Å². The van der Waals surface area contributed by atoms with Crippen molar-refractivity contribution in [2.75, 3.05) is 7.11 Å². The molecule has 100 valence electrons. The van der Waals surface area contributed by atoms with Gasteiger partial charge in [-0.1, -0.05) is 17.7 Å². The Labute approximate surface area is 115 Å². The van der Waals surface area contributed by atoms with Crippen molar-refractivity contribution in [3.63, 3.8) is 0 Å². The molecule has 0 saturated carbocycles. The first-order valence-corrected chi connectivity index (χ1v) is 6.10. The third kappa shape index (κ3) is 3.22. The summed E-state index contributed by atoms with van der Waals surface area (Å²) in [6, 6.07) is 7.89. The normalized spacial score (nSPS) is 12.2. The van der Waals surface area contributed by atoms with Crippen molar-refractivity contribution in [3.05, 3.63) is 58.6 Å². The highest BCUT2D eigenvalue weighted by atomic mass is 35.5. The van der Waals surface area contributed by atoms with Gasteiger partial charge in [-0.05, 0) is 29.8 Å². The molecule has 5 heteroatoms. The number of aromatic nitrogens is 1. The lowest BCUT2D eigenvalue weighted by Crippen LogP contribution is -2.05. The Morgan fingerprint density at radius 1 is 1.42 bits per heavy atom. The topological polar surface area (TPSA) is 42.4 Å². The fraction of sp³-hybridized carbons (Fsp3) is 0.214. The second-order valence-electron chi connectivity index (χ2n) is 4.06. The molecule has 0 amide bonds. The quantitative estimate of drug-likeness (QED) is 0.936. The van der Waals surface area contributed by atoms with Crippen molar-refractivity contribution in [3.8, 4) is 5.75 Å². The van der Waals surface area contributed by atoms with Gasteiger partial charge in [-0.15, -0.1) is 0 Å². The van der Waals surface area contributed by atoms with Gasteiger partial charge in [-0.3, -0.25) is 4.98 Å². The van der Waals surface area contributed by atoms with E-state index < -0.39 is 11.9 Å². The minimum Gasteiger partial charge on any atom is -0.494 e. The summed E-state index contributed by atoms with van der Waals surface area (Å²) in [5, 5.41) is 10.5. The molecule has 1 unspecified atom stereocenters. The van der Waals surface area contributed by atoms with Crippen LogP contribution in [0.2, 0.25) is 5.02 Å². The molecular formula is C14H13ClFNO2. The van der Waals surface area contributed by atoms with Crippen molar-refractivity contribution < 1.29 is 14.2 Å². The van der Waals surface area contributed by atoms with Crippen LogP contribution in [0.25, 0.3) is 0 Å². The summed E-state index contributed by atoms with van der Waals surface area (Å²) >= 11 is 5.95. The molecule has 0 bridgehead atoms. The van der Waals surface area contributed by atoms with Crippen molar-refractivity contribution >= 4 is 11.6 Å². The Kier molecular flexibility index (Phi) is 4.35. The maximum absolute atomic E-state index is 13.5. The van der Waals surface area contributed by atoms with Crippen LogP contribution in [0.5, 0.6) is 5.75 Å². The van der Waals surface area contributed by atoms with E-state index in [1.165, 1.54) is 19.2 Å². The van der Waals surface area contributed by atoms with Crippen LogP contribution in [0.1, 0.15) is 17.4 Å². The molecule has 19 heavy (non-hydrogen) atoms. The zero-order valence-electron chi connectivity index (χ0n) is 10.3. The smallest absolute Gasteiger partial charge is 0.165 e. The Balaban J connectivity index is 2.17. The summed E-state index contributed by atoms with van der Waals surface area (Å²) in [6.45, 7) is 0. The van der Waals surface area contributed by atoms with Gasteiger partial charge in [0, 0.05) is 12.6 Å². The lowest BCUT2D eigenvalue weighted by molar-refractivity contribution is 0.173. The summed E-state index contributed by atoms with van der Waals surface area (Å²) < 4.78 is 18.4. The number of benzene rings is 1. The molecule has 0 saturated heterocycles. The number of aliphatic hydroxyl groups is 1. The summed E-state index contributed by atoms with van der Waals surface area (Å²) in [4.78, 5) is 4.03. The SMILES string of the molecule is COc1ccc(CC(O)c2ncccc2Cl)cc1F. The number of methoxy groups -OCH3 is 1. The lowest BCUT2D eigenvalue weighted by Gasteiger charge is -2.12. The largest absolute Gasteiger partial charge is 0.494 e. The Hall–Kier alpha value is -1.65. The number of rotatable bonds is 4. The molecule has 2 rings (SSSR count). The maximum Gasteiger partial charge on any atom is 0.165 e. The molecule has 3 nitrogen and oxygen atoms in total. The second-order valence-corrected chi connectivity index (χ2v) is 4.47. The highest BCUT2D eigenvalue weighted by molar-refractivity contribution is 6.31. The summed E-state index contributed by atoms with van der Waals surface area (Å²) in [6.07, 6.45) is 0.915. The number of nitrogens with zero attached hydrogens (tertiary/aromatic N) is 1. The van der Waals surface area contributed by atoms with Gasteiger partial charge in [0.2, 0.25) is 0 Å². The minimum absolute atomic E-state index is 0.175. The van der Waals surface area contributed by atoms with Gasteiger partial charge >= 0.3 is 0 Å². The summed E-state index contributed by atoms with van der Waals surface area (Å²) in [5.41, 5.74) is 1.04. The van der Waals surface area contributed by atoms with Crippen molar-refractivity contribution in [2.24, 2.45) is 0 Å². The predicted molar refractivity (Wildman–Crippen MR) is 70.9 cm³/mol. The van der Waals surface area contributed by atoms with E-state index in [1.54, 1.807) is 24.4 Å². The molecular weight excluding hydrogens is 269 g/mol. The number of ether oxygens (including phenoxy) is 1. The average molecular weight is 282 g/mol. The van der Waals surface area contributed by atoms with Crippen molar-refractivity contribution in [2.45, 2.75) is 12.5 Å². The minimum atomic E-state index is -0.874. The Morgan fingerprint density at radius 2 is 2.21 bits per heavy atom. The van der Waals surface area contributed by atoms with E-state index in [4.69, 9.17) is 16.3 Å². The monoisotopic (exact) mass is 281 g/mol. The van der Waals surface area contributed by atoms with Gasteiger partial charge in [0.05, 0.1) is 17.8 Å². The van der Waals surface area contributed by atoms with E-state index in [9.17, 15) is 9.50 Å². The van der Waals surface area contributed by atoms with Crippen LogP contribution in [0.3, 0.4) is 0 Å². The fourth-order valence-corrected chi connectivity index (χ4v) is 2.05. The van der Waals surface area contributed by atoms with Crippen LogP contribution >= 0.6 is 11.6 Å². The molecule has 1 N–H and O–H groups in total. The number of halogens is 2. The molecule has 0 aliphatic carbocycles. The first kappa shape index (κ1) is 13.8. The van der Waals surface area contributed by atoms with E-state index in [-0.39, 0.29) is 12.2 Å². The number of pyridine rings is 1. The second kappa shape index (κ2) is 5.99. The Bertz CT molecular complexity index is 577. The molecule has 0 radical (unpaired) electrons. The van der Waals surface area contributed by atoms with Crippen LogP contribution in [0.4, 0.5) is 4.39 Å².